The maximum atomic E-state index is 3.77. The fraction of sp³-hybridized carbons (Fsp3) is 1.00. The summed E-state index contributed by atoms with van der Waals surface area (Å²) in [7, 11) is 0. The van der Waals surface area contributed by atoms with Crippen LogP contribution in [0.4, 0.5) is 0 Å². The molecule has 2 fully saturated rings. The molecule has 1 unspecified atom stereocenters. The fourth-order valence-corrected chi connectivity index (χ4v) is 4.14. The third-order valence-corrected chi connectivity index (χ3v) is 6.31. The van der Waals surface area contributed by atoms with Gasteiger partial charge in [0.25, 0.3) is 0 Å². The zero-order chi connectivity index (χ0) is 11.1. The van der Waals surface area contributed by atoms with E-state index in [1.165, 1.54) is 30.9 Å². The third kappa shape index (κ3) is 2.08. The lowest BCUT2D eigenvalue weighted by Gasteiger charge is -2.23. The van der Waals surface area contributed by atoms with Crippen LogP contribution in [0.2, 0.25) is 0 Å². The van der Waals surface area contributed by atoms with Crippen molar-refractivity contribution in [2.45, 2.75) is 46.6 Å². The molecule has 1 saturated carbocycles. The first-order valence-electron chi connectivity index (χ1n) is 6.27. The summed E-state index contributed by atoms with van der Waals surface area (Å²) < 4.78 is 0. The highest BCUT2D eigenvalue weighted by Gasteiger charge is 2.63. The molecule has 1 heterocycles. The van der Waals surface area contributed by atoms with Crippen LogP contribution in [0.3, 0.4) is 0 Å². The van der Waals surface area contributed by atoms with Crippen LogP contribution in [0.15, 0.2) is 0 Å². The van der Waals surface area contributed by atoms with E-state index < -0.39 is 0 Å². The van der Waals surface area contributed by atoms with E-state index in [1.807, 2.05) is 0 Å². The Bertz CT molecular complexity index is 215. The van der Waals surface area contributed by atoms with Gasteiger partial charge in [-0.2, -0.15) is 11.8 Å². The van der Waals surface area contributed by atoms with Gasteiger partial charge in [0.1, 0.15) is 0 Å². The van der Waals surface area contributed by atoms with Gasteiger partial charge in [-0.3, -0.25) is 0 Å². The number of hydrogen-bond donors (Lipinski definition) is 1. The molecule has 0 aromatic rings. The fourth-order valence-electron chi connectivity index (χ4n) is 3.03. The Kier molecular flexibility index (Phi) is 3.11. The number of hydrogen-bond acceptors (Lipinski definition) is 2. The van der Waals surface area contributed by atoms with Gasteiger partial charge in [0.05, 0.1) is 0 Å². The Labute approximate surface area is 98.8 Å². The SMILES string of the molecule is CC1(C)C(CNC2CCCSC2)C1(C)C. The number of rotatable bonds is 3. The Morgan fingerprint density at radius 3 is 2.33 bits per heavy atom. The molecule has 1 aliphatic carbocycles. The van der Waals surface area contributed by atoms with Gasteiger partial charge in [-0.05, 0) is 41.9 Å². The second kappa shape index (κ2) is 3.96. The summed E-state index contributed by atoms with van der Waals surface area (Å²) in [4.78, 5) is 0. The highest BCUT2D eigenvalue weighted by Crippen LogP contribution is 2.67. The van der Waals surface area contributed by atoms with Crippen LogP contribution in [0.5, 0.6) is 0 Å². The van der Waals surface area contributed by atoms with Gasteiger partial charge in [-0.15, -0.1) is 0 Å². The maximum Gasteiger partial charge on any atom is 0.0158 e. The molecule has 1 atom stereocenters. The van der Waals surface area contributed by atoms with Crippen LogP contribution in [0, 0.1) is 16.7 Å². The quantitative estimate of drug-likeness (QED) is 0.795. The Morgan fingerprint density at radius 2 is 1.87 bits per heavy atom. The highest BCUT2D eigenvalue weighted by atomic mass is 32.2. The van der Waals surface area contributed by atoms with E-state index in [4.69, 9.17) is 0 Å². The number of thioether (sulfide) groups is 1. The van der Waals surface area contributed by atoms with Crippen molar-refractivity contribution in [3.05, 3.63) is 0 Å². The molecular weight excluding hydrogens is 202 g/mol. The third-order valence-electron chi connectivity index (χ3n) is 5.09. The van der Waals surface area contributed by atoms with Gasteiger partial charge in [0.2, 0.25) is 0 Å². The first-order chi connectivity index (χ1) is 6.96. The molecule has 2 aliphatic rings. The van der Waals surface area contributed by atoms with Gasteiger partial charge < -0.3 is 5.32 Å². The molecule has 1 N–H and O–H groups in total. The van der Waals surface area contributed by atoms with Crippen molar-refractivity contribution in [3.63, 3.8) is 0 Å². The van der Waals surface area contributed by atoms with E-state index in [1.54, 1.807) is 0 Å². The normalized spacial score (nSPS) is 34.0. The summed E-state index contributed by atoms with van der Waals surface area (Å²) in [5.41, 5.74) is 1.09. The van der Waals surface area contributed by atoms with Crippen LogP contribution >= 0.6 is 11.8 Å². The predicted molar refractivity (Wildman–Crippen MR) is 69.4 cm³/mol. The molecule has 88 valence electrons. The first-order valence-corrected chi connectivity index (χ1v) is 7.43. The van der Waals surface area contributed by atoms with Crippen molar-refractivity contribution in [2.75, 3.05) is 18.1 Å². The van der Waals surface area contributed by atoms with Crippen molar-refractivity contribution in [2.24, 2.45) is 16.7 Å². The van der Waals surface area contributed by atoms with Gasteiger partial charge in [0.15, 0.2) is 0 Å². The molecule has 0 aromatic heterocycles. The molecule has 1 nitrogen and oxygen atoms in total. The number of nitrogens with one attached hydrogen (secondary N) is 1. The van der Waals surface area contributed by atoms with Crippen molar-refractivity contribution in [3.8, 4) is 0 Å². The summed E-state index contributed by atoms with van der Waals surface area (Å²) in [6.07, 6.45) is 2.79. The van der Waals surface area contributed by atoms with E-state index in [-0.39, 0.29) is 0 Å². The smallest absolute Gasteiger partial charge is 0.0158 e. The molecule has 0 radical (unpaired) electrons. The van der Waals surface area contributed by atoms with E-state index in [2.05, 4.69) is 44.8 Å². The van der Waals surface area contributed by atoms with Crippen LogP contribution < -0.4 is 5.32 Å². The van der Waals surface area contributed by atoms with Crippen LogP contribution in [0.25, 0.3) is 0 Å². The molecular formula is C13H25NS. The molecule has 2 heteroatoms. The summed E-state index contributed by atoms with van der Waals surface area (Å²) in [6.45, 7) is 10.9. The minimum absolute atomic E-state index is 0.543. The summed E-state index contributed by atoms with van der Waals surface area (Å²) >= 11 is 2.11. The molecule has 15 heavy (non-hydrogen) atoms. The van der Waals surface area contributed by atoms with Crippen molar-refractivity contribution in [1.82, 2.24) is 5.32 Å². The van der Waals surface area contributed by atoms with Crippen molar-refractivity contribution in [1.29, 1.82) is 0 Å². The zero-order valence-corrected chi connectivity index (χ0v) is 11.4. The summed E-state index contributed by atoms with van der Waals surface area (Å²) in [5.74, 6) is 3.57. The summed E-state index contributed by atoms with van der Waals surface area (Å²) in [5, 5.41) is 3.77. The van der Waals surface area contributed by atoms with Gasteiger partial charge in [0, 0.05) is 11.8 Å². The molecule has 0 bridgehead atoms. The second-order valence-electron chi connectivity index (χ2n) is 6.32. The van der Waals surface area contributed by atoms with Gasteiger partial charge in [-0.1, -0.05) is 27.7 Å². The molecule has 2 rings (SSSR count). The first kappa shape index (κ1) is 11.8. The van der Waals surface area contributed by atoms with Crippen LogP contribution in [-0.2, 0) is 0 Å². The Morgan fingerprint density at radius 1 is 1.20 bits per heavy atom. The molecule has 0 aromatic carbocycles. The summed E-state index contributed by atoms with van der Waals surface area (Å²) in [6, 6.07) is 0.788. The van der Waals surface area contributed by atoms with E-state index >= 15 is 0 Å². The lowest BCUT2D eigenvalue weighted by molar-refractivity contribution is 0.457. The molecule has 0 spiro atoms. The predicted octanol–water partition coefficient (Wildman–Crippen LogP) is 3.15. The average Bonchev–Trinajstić information content (AvgIpc) is 2.57. The minimum atomic E-state index is 0.543. The molecule has 1 aliphatic heterocycles. The molecule has 1 saturated heterocycles. The Hall–Kier alpha value is 0.310. The van der Waals surface area contributed by atoms with Crippen molar-refractivity contribution < 1.29 is 0 Å². The highest BCUT2D eigenvalue weighted by molar-refractivity contribution is 7.99. The van der Waals surface area contributed by atoms with Crippen molar-refractivity contribution >= 4 is 11.8 Å². The monoisotopic (exact) mass is 227 g/mol. The topological polar surface area (TPSA) is 12.0 Å². The standard InChI is InChI=1S/C13H25NS/c1-12(2)11(13(12,3)4)8-14-10-6-5-7-15-9-10/h10-11,14H,5-9H2,1-4H3. The lowest BCUT2D eigenvalue weighted by Crippen LogP contribution is -2.35. The second-order valence-corrected chi connectivity index (χ2v) is 7.47. The van der Waals surface area contributed by atoms with E-state index in [0.717, 1.165) is 12.0 Å². The van der Waals surface area contributed by atoms with E-state index in [9.17, 15) is 0 Å². The zero-order valence-electron chi connectivity index (χ0n) is 10.6. The molecule has 0 amide bonds. The largest absolute Gasteiger partial charge is 0.313 e. The van der Waals surface area contributed by atoms with Gasteiger partial charge in [-0.25, -0.2) is 0 Å². The minimum Gasteiger partial charge on any atom is -0.313 e. The van der Waals surface area contributed by atoms with Crippen LogP contribution in [-0.4, -0.2) is 24.1 Å². The van der Waals surface area contributed by atoms with Gasteiger partial charge >= 0.3 is 0 Å². The lowest BCUT2D eigenvalue weighted by atomic mass is 10.0. The average molecular weight is 227 g/mol. The van der Waals surface area contributed by atoms with Crippen LogP contribution in [0.1, 0.15) is 40.5 Å². The Balaban J connectivity index is 1.75. The maximum absolute atomic E-state index is 3.77. The van der Waals surface area contributed by atoms with E-state index in [0.29, 0.717) is 10.8 Å².